The maximum atomic E-state index is 5.32. The Bertz CT molecular complexity index is 414. The highest BCUT2D eigenvalue weighted by molar-refractivity contribution is 5.37. The van der Waals surface area contributed by atoms with E-state index in [4.69, 9.17) is 4.74 Å². The number of hydrogen-bond donors (Lipinski definition) is 1. The molecule has 0 saturated heterocycles. The van der Waals surface area contributed by atoms with Crippen molar-refractivity contribution < 1.29 is 4.74 Å². The molecule has 1 aromatic carbocycles. The molecule has 2 heteroatoms. The van der Waals surface area contributed by atoms with E-state index in [2.05, 4.69) is 44.3 Å². The van der Waals surface area contributed by atoms with E-state index in [1.165, 1.54) is 24.0 Å². The van der Waals surface area contributed by atoms with Gasteiger partial charge in [-0.05, 0) is 60.9 Å². The van der Waals surface area contributed by atoms with Gasteiger partial charge < -0.3 is 10.1 Å². The Morgan fingerprint density at radius 1 is 1.26 bits per heavy atom. The summed E-state index contributed by atoms with van der Waals surface area (Å²) in [6, 6.07) is 7.13. The van der Waals surface area contributed by atoms with Crippen LogP contribution in [0.1, 0.15) is 38.3 Å². The second kappa shape index (κ2) is 6.42. The smallest absolute Gasteiger partial charge is 0.119 e. The molecule has 2 rings (SSSR count). The number of ether oxygens (including phenoxy) is 1. The van der Waals surface area contributed by atoms with Crippen LogP contribution in [0.25, 0.3) is 0 Å². The normalized spacial score (nSPS) is 20.2. The Kier molecular flexibility index (Phi) is 4.87. The minimum atomic E-state index is 0.626. The fourth-order valence-corrected chi connectivity index (χ4v) is 2.62. The van der Waals surface area contributed by atoms with E-state index in [1.807, 2.05) is 0 Å². The van der Waals surface area contributed by atoms with Crippen LogP contribution in [-0.4, -0.2) is 19.7 Å². The largest absolute Gasteiger partial charge is 0.497 e. The summed E-state index contributed by atoms with van der Waals surface area (Å²) in [5.74, 6) is 2.48. The predicted molar refractivity (Wildman–Crippen MR) is 80.8 cm³/mol. The third-order valence-electron chi connectivity index (χ3n) is 4.51. The maximum absolute atomic E-state index is 5.32. The summed E-state index contributed by atoms with van der Waals surface area (Å²) >= 11 is 0. The number of benzene rings is 1. The van der Waals surface area contributed by atoms with Crippen LogP contribution in [0, 0.1) is 11.8 Å². The van der Waals surface area contributed by atoms with Crippen LogP contribution in [0.5, 0.6) is 5.75 Å². The molecule has 0 amide bonds. The lowest BCUT2D eigenvalue weighted by Crippen LogP contribution is -2.38. The van der Waals surface area contributed by atoms with Gasteiger partial charge in [0.2, 0.25) is 0 Å². The van der Waals surface area contributed by atoms with E-state index in [-0.39, 0.29) is 0 Å². The van der Waals surface area contributed by atoms with E-state index in [0.717, 1.165) is 30.6 Å². The molecule has 2 atom stereocenters. The van der Waals surface area contributed by atoms with Crippen LogP contribution in [0.2, 0.25) is 0 Å². The monoisotopic (exact) mass is 261 g/mol. The van der Waals surface area contributed by atoms with Crippen molar-refractivity contribution in [3.05, 3.63) is 29.3 Å². The lowest BCUT2D eigenvalue weighted by Gasteiger charge is -2.28. The quantitative estimate of drug-likeness (QED) is 0.876. The van der Waals surface area contributed by atoms with Gasteiger partial charge in [0.25, 0.3) is 0 Å². The van der Waals surface area contributed by atoms with Gasteiger partial charge >= 0.3 is 0 Å². The standard InChI is InChI=1S/C17H27NO/c1-12(2)13(3)11-18-16-7-5-14-6-8-17(19-4)10-15(14)9-16/h6,8,10,12-13,16,18H,5,7,9,11H2,1-4H3. The summed E-state index contributed by atoms with van der Waals surface area (Å²) < 4.78 is 5.32. The molecule has 0 fully saturated rings. The van der Waals surface area contributed by atoms with Crippen LogP contribution < -0.4 is 10.1 Å². The van der Waals surface area contributed by atoms with Gasteiger partial charge in [-0.1, -0.05) is 26.8 Å². The van der Waals surface area contributed by atoms with Crippen molar-refractivity contribution in [2.24, 2.45) is 11.8 Å². The molecule has 106 valence electrons. The van der Waals surface area contributed by atoms with Crippen molar-refractivity contribution in [3.8, 4) is 5.75 Å². The second-order valence-electron chi connectivity index (χ2n) is 6.20. The molecule has 0 saturated carbocycles. The van der Waals surface area contributed by atoms with Gasteiger partial charge in [-0.3, -0.25) is 0 Å². The number of nitrogens with one attached hydrogen (secondary N) is 1. The number of fused-ring (bicyclic) bond motifs is 1. The number of aryl methyl sites for hydroxylation is 1. The third-order valence-corrected chi connectivity index (χ3v) is 4.51. The molecule has 2 unspecified atom stereocenters. The highest BCUT2D eigenvalue weighted by Crippen LogP contribution is 2.25. The van der Waals surface area contributed by atoms with Gasteiger partial charge in [-0.25, -0.2) is 0 Å². The average Bonchev–Trinajstić information content (AvgIpc) is 2.43. The molecule has 1 aliphatic carbocycles. The Morgan fingerprint density at radius 3 is 2.74 bits per heavy atom. The first-order valence-electron chi connectivity index (χ1n) is 7.49. The number of hydrogen-bond acceptors (Lipinski definition) is 2. The molecule has 0 spiro atoms. The molecule has 0 radical (unpaired) electrons. The average molecular weight is 261 g/mol. The Balaban J connectivity index is 1.93. The summed E-state index contributed by atoms with van der Waals surface area (Å²) in [6.45, 7) is 8.06. The first kappa shape index (κ1) is 14.4. The summed E-state index contributed by atoms with van der Waals surface area (Å²) in [4.78, 5) is 0. The Labute approximate surface area is 117 Å². The molecular weight excluding hydrogens is 234 g/mol. The third kappa shape index (κ3) is 3.73. The van der Waals surface area contributed by atoms with Crippen molar-refractivity contribution in [1.29, 1.82) is 0 Å². The molecule has 1 N–H and O–H groups in total. The summed E-state index contributed by atoms with van der Waals surface area (Å²) in [5, 5.41) is 3.74. The first-order chi connectivity index (χ1) is 9.10. The van der Waals surface area contributed by atoms with E-state index in [1.54, 1.807) is 7.11 Å². The van der Waals surface area contributed by atoms with Crippen LogP contribution in [0.4, 0.5) is 0 Å². The van der Waals surface area contributed by atoms with Gasteiger partial charge in [0.1, 0.15) is 5.75 Å². The van der Waals surface area contributed by atoms with Gasteiger partial charge in [-0.2, -0.15) is 0 Å². The number of rotatable bonds is 5. The van der Waals surface area contributed by atoms with Gasteiger partial charge in [0.05, 0.1) is 7.11 Å². The van der Waals surface area contributed by atoms with Crippen LogP contribution in [0.3, 0.4) is 0 Å². The summed E-state index contributed by atoms with van der Waals surface area (Å²) in [5.41, 5.74) is 2.95. The van der Waals surface area contributed by atoms with Crippen molar-refractivity contribution in [2.75, 3.05) is 13.7 Å². The zero-order chi connectivity index (χ0) is 13.8. The van der Waals surface area contributed by atoms with Crippen molar-refractivity contribution in [1.82, 2.24) is 5.32 Å². The number of methoxy groups -OCH3 is 1. The van der Waals surface area contributed by atoms with Crippen LogP contribution in [0.15, 0.2) is 18.2 Å². The topological polar surface area (TPSA) is 21.3 Å². The fraction of sp³-hybridized carbons (Fsp3) is 0.647. The van der Waals surface area contributed by atoms with Crippen molar-refractivity contribution in [3.63, 3.8) is 0 Å². The highest BCUT2D eigenvalue weighted by atomic mass is 16.5. The van der Waals surface area contributed by atoms with Gasteiger partial charge in [0.15, 0.2) is 0 Å². The predicted octanol–water partition coefficient (Wildman–Crippen LogP) is 3.43. The first-order valence-corrected chi connectivity index (χ1v) is 7.49. The highest BCUT2D eigenvalue weighted by Gasteiger charge is 2.19. The van der Waals surface area contributed by atoms with E-state index in [9.17, 15) is 0 Å². The van der Waals surface area contributed by atoms with Gasteiger partial charge in [-0.15, -0.1) is 0 Å². The van der Waals surface area contributed by atoms with E-state index < -0.39 is 0 Å². The molecular formula is C17H27NO. The lowest BCUT2D eigenvalue weighted by atomic mass is 9.87. The van der Waals surface area contributed by atoms with Gasteiger partial charge in [0, 0.05) is 6.04 Å². The van der Waals surface area contributed by atoms with Crippen molar-refractivity contribution >= 4 is 0 Å². The second-order valence-corrected chi connectivity index (χ2v) is 6.20. The Morgan fingerprint density at radius 2 is 2.05 bits per heavy atom. The molecule has 1 aromatic rings. The van der Waals surface area contributed by atoms with Crippen LogP contribution in [-0.2, 0) is 12.8 Å². The van der Waals surface area contributed by atoms with E-state index >= 15 is 0 Å². The Hall–Kier alpha value is -1.02. The minimum absolute atomic E-state index is 0.626. The lowest BCUT2D eigenvalue weighted by molar-refractivity contribution is 0.352. The summed E-state index contributed by atoms with van der Waals surface area (Å²) in [7, 11) is 1.74. The molecule has 0 heterocycles. The molecule has 0 aliphatic heterocycles. The minimum Gasteiger partial charge on any atom is -0.497 e. The molecule has 1 aliphatic rings. The molecule has 0 aromatic heterocycles. The molecule has 0 bridgehead atoms. The molecule has 19 heavy (non-hydrogen) atoms. The maximum Gasteiger partial charge on any atom is 0.119 e. The zero-order valence-corrected chi connectivity index (χ0v) is 12.7. The zero-order valence-electron chi connectivity index (χ0n) is 12.7. The van der Waals surface area contributed by atoms with Crippen molar-refractivity contribution in [2.45, 2.75) is 46.1 Å². The van der Waals surface area contributed by atoms with E-state index in [0.29, 0.717) is 6.04 Å². The SMILES string of the molecule is COc1ccc2c(c1)CC(NCC(C)C(C)C)CC2. The van der Waals surface area contributed by atoms with Crippen LogP contribution >= 0.6 is 0 Å². The summed E-state index contributed by atoms with van der Waals surface area (Å²) in [6.07, 6.45) is 3.58. The fourth-order valence-electron chi connectivity index (χ4n) is 2.62. The molecule has 2 nitrogen and oxygen atoms in total.